The molecular weight excluding hydrogens is 222 g/mol. The Balaban J connectivity index is 2.06. The molecule has 2 heteroatoms. The number of ether oxygens (including phenoxy) is 1. The summed E-state index contributed by atoms with van der Waals surface area (Å²) >= 11 is 0. The minimum absolute atomic E-state index is 0.860. The first-order chi connectivity index (χ1) is 8.88. The quantitative estimate of drug-likeness (QED) is 0.737. The van der Waals surface area contributed by atoms with Crippen molar-refractivity contribution in [2.45, 2.75) is 6.42 Å². The average molecular weight is 237 g/mol. The zero-order valence-electron chi connectivity index (χ0n) is 10.3. The van der Waals surface area contributed by atoms with Crippen molar-refractivity contribution in [2.75, 3.05) is 7.11 Å². The minimum Gasteiger partial charge on any atom is -0.494 e. The monoisotopic (exact) mass is 237 g/mol. The molecule has 0 saturated heterocycles. The van der Waals surface area contributed by atoms with Crippen LogP contribution in [0.4, 0.5) is 0 Å². The number of benzene rings is 2. The van der Waals surface area contributed by atoms with Crippen LogP contribution in [0.25, 0.3) is 10.9 Å². The van der Waals surface area contributed by atoms with Gasteiger partial charge in [0.15, 0.2) is 0 Å². The second-order valence-corrected chi connectivity index (χ2v) is 4.34. The Hall–Kier alpha value is -2.22. The molecule has 90 valence electrons. The Labute approximate surface area is 106 Å². The first kappa shape index (κ1) is 10.9. The van der Waals surface area contributed by atoms with E-state index >= 15 is 0 Å². The Morgan fingerprint density at radius 2 is 1.67 bits per heavy atom. The number of aromatic nitrogens is 1. The molecule has 18 heavy (non-hydrogen) atoms. The van der Waals surface area contributed by atoms with Crippen molar-refractivity contribution < 1.29 is 4.74 Å². The second kappa shape index (κ2) is 4.57. The highest BCUT2D eigenvalue weighted by Crippen LogP contribution is 2.31. The van der Waals surface area contributed by atoms with Crippen molar-refractivity contribution in [3.05, 3.63) is 65.9 Å². The third-order valence-electron chi connectivity index (χ3n) is 3.16. The summed E-state index contributed by atoms with van der Waals surface area (Å²) in [6.45, 7) is 0. The van der Waals surface area contributed by atoms with Crippen molar-refractivity contribution in [1.29, 1.82) is 0 Å². The van der Waals surface area contributed by atoms with E-state index in [1.165, 1.54) is 5.56 Å². The van der Waals surface area contributed by atoms with Crippen LogP contribution in [0.3, 0.4) is 0 Å². The molecule has 0 aliphatic rings. The summed E-state index contributed by atoms with van der Waals surface area (Å²) in [6, 6.07) is 18.6. The summed E-state index contributed by atoms with van der Waals surface area (Å²) in [5.74, 6) is 0.953. The van der Waals surface area contributed by atoms with Gasteiger partial charge in [0, 0.05) is 17.3 Å². The smallest absolute Gasteiger partial charge is 0.147 e. The Bertz CT molecular complexity index is 655. The summed E-state index contributed by atoms with van der Waals surface area (Å²) in [4.78, 5) is 3.44. The third-order valence-corrected chi connectivity index (χ3v) is 3.16. The summed E-state index contributed by atoms with van der Waals surface area (Å²) < 4.78 is 5.54. The maximum Gasteiger partial charge on any atom is 0.147 e. The van der Waals surface area contributed by atoms with Crippen LogP contribution >= 0.6 is 0 Å². The van der Waals surface area contributed by atoms with E-state index in [9.17, 15) is 0 Å². The van der Waals surface area contributed by atoms with Gasteiger partial charge in [0.25, 0.3) is 0 Å². The largest absolute Gasteiger partial charge is 0.494 e. The van der Waals surface area contributed by atoms with Crippen molar-refractivity contribution in [3.63, 3.8) is 0 Å². The van der Waals surface area contributed by atoms with Gasteiger partial charge < -0.3 is 9.72 Å². The molecular formula is C16H15NO. The van der Waals surface area contributed by atoms with Gasteiger partial charge in [0.05, 0.1) is 12.8 Å². The molecule has 3 aromatic rings. The van der Waals surface area contributed by atoms with Gasteiger partial charge in [-0.25, -0.2) is 0 Å². The van der Waals surface area contributed by atoms with Crippen LogP contribution in [-0.2, 0) is 6.42 Å². The van der Waals surface area contributed by atoms with Crippen molar-refractivity contribution in [1.82, 2.24) is 4.98 Å². The molecule has 0 aliphatic carbocycles. The average Bonchev–Trinajstić information content (AvgIpc) is 2.77. The number of methoxy groups -OCH3 is 1. The molecule has 0 saturated carbocycles. The van der Waals surface area contributed by atoms with E-state index in [0.29, 0.717) is 0 Å². The molecule has 0 aliphatic heterocycles. The molecule has 3 rings (SSSR count). The van der Waals surface area contributed by atoms with E-state index < -0.39 is 0 Å². The zero-order valence-corrected chi connectivity index (χ0v) is 10.3. The molecule has 0 bridgehead atoms. The van der Waals surface area contributed by atoms with Gasteiger partial charge >= 0.3 is 0 Å². The van der Waals surface area contributed by atoms with Crippen LogP contribution in [-0.4, -0.2) is 12.1 Å². The third kappa shape index (κ3) is 1.86. The summed E-state index contributed by atoms with van der Waals surface area (Å²) in [5.41, 5.74) is 3.53. The first-order valence-electron chi connectivity index (χ1n) is 6.06. The summed E-state index contributed by atoms with van der Waals surface area (Å²) in [7, 11) is 1.73. The number of hydrogen-bond donors (Lipinski definition) is 1. The van der Waals surface area contributed by atoms with E-state index in [-0.39, 0.29) is 0 Å². The normalized spacial score (nSPS) is 10.7. The van der Waals surface area contributed by atoms with Crippen molar-refractivity contribution in [2.24, 2.45) is 0 Å². The van der Waals surface area contributed by atoms with Crippen LogP contribution in [0.2, 0.25) is 0 Å². The highest BCUT2D eigenvalue weighted by molar-refractivity contribution is 5.87. The number of aromatic amines is 1. The predicted molar refractivity (Wildman–Crippen MR) is 74.1 cm³/mol. The number of para-hydroxylation sites is 1. The molecule has 2 nitrogen and oxygen atoms in total. The highest BCUT2D eigenvalue weighted by Gasteiger charge is 2.11. The molecule has 1 N–H and O–H groups in total. The lowest BCUT2D eigenvalue weighted by atomic mass is 10.1. The Kier molecular flexibility index (Phi) is 2.77. The lowest BCUT2D eigenvalue weighted by molar-refractivity contribution is 0.415. The van der Waals surface area contributed by atoms with Crippen LogP contribution in [0, 0.1) is 0 Å². The number of H-pyrrole nitrogens is 1. The van der Waals surface area contributed by atoms with E-state index in [2.05, 4.69) is 41.4 Å². The maximum absolute atomic E-state index is 5.54. The van der Waals surface area contributed by atoms with Crippen molar-refractivity contribution in [3.8, 4) is 5.75 Å². The highest BCUT2D eigenvalue weighted by atomic mass is 16.5. The predicted octanol–water partition coefficient (Wildman–Crippen LogP) is 3.77. The summed E-state index contributed by atoms with van der Waals surface area (Å²) in [6.07, 6.45) is 0.860. The Morgan fingerprint density at radius 3 is 2.44 bits per heavy atom. The van der Waals surface area contributed by atoms with Gasteiger partial charge in [-0.2, -0.15) is 0 Å². The Morgan fingerprint density at radius 1 is 0.944 bits per heavy atom. The topological polar surface area (TPSA) is 25.0 Å². The molecule has 2 aromatic carbocycles. The molecule has 0 atom stereocenters. The van der Waals surface area contributed by atoms with Gasteiger partial charge in [-0.05, 0) is 17.7 Å². The van der Waals surface area contributed by atoms with Crippen LogP contribution in [0.1, 0.15) is 11.3 Å². The fraction of sp³-hybridized carbons (Fsp3) is 0.125. The van der Waals surface area contributed by atoms with Crippen LogP contribution < -0.4 is 4.74 Å². The summed E-state index contributed by atoms with van der Waals surface area (Å²) in [5, 5.41) is 1.14. The van der Waals surface area contributed by atoms with Gasteiger partial charge in [0.1, 0.15) is 5.75 Å². The fourth-order valence-corrected chi connectivity index (χ4v) is 2.33. The standard InChI is InChI=1S/C16H15NO/c1-18-16-13-9-5-6-10-14(13)17-15(16)11-12-7-3-2-4-8-12/h2-10,17H,11H2,1H3. The lowest BCUT2D eigenvalue weighted by Crippen LogP contribution is -1.92. The first-order valence-corrected chi connectivity index (χ1v) is 6.06. The lowest BCUT2D eigenvalue weighted by Gasteiger charge is -2.03. The molecule has 1 heterocycles. The van der Waals surface area contributed by atoms with E-state index in [4.69, 9.17) is 4.74 Å². The maximum atomic E-state index is 5.54. The minimum atomic E-state index is 0.860. The molecule has 1 aromatic heterocycles. The SMILES string of the molecule is COc1c(Cc2ccccc2)[nH]c2ccccc12. The van der Waals surface area contributed by atoms with Crippen LogP contribution in [0.15, 0.2) is 54.6 Å². The molecule has 0 amide bonds. The molecule has 0 fully saturated rings. The molecule has 0 unspecified atom stereocenters. The van der Waals surface area contributed by atoms with Gasteiger partial charge in [-0.3, -0.25) is 0 Å². The van der Waals surface area contributed by atoms with E-state index in [1.807, 2.05) is 18.2 Å². The van der Waals surface area contributed by atoms with Gasteiger partial charge in [-0.15, -0.1) is 0 Å². The molecule has 0 radical (unpaired) electrons. The number of fused-ring (bicyclic) bond motifs is 1. The molecule has 0 spiro atoms. The van der Waals surface area contributed by atoms with Crippen LogP contribution in [0.5, 0.6) is 5.75 Å². The van der Waals surface area contributed by atoms with E-state index in [1.54, 1.807) is 7.11 Å². The number of hydrogen-bond acceptors (Lipinski definition) is 1. The zero-order chi connectivity index (χ0) is 12.4. The van der Waals surface area contributed by atoms with Crippen molar-refractivity contribution >= 4 is 10.9 Å². The number of rotatable bonds is 3. The fourth-order valence-electron chi connectivity index (χ4n) is 2.33. The van der Waals surface area contributed by atoms with E-state index in [0.717, 1.165) is 28.8 Å². The van der Waals surface area contributed by atoms with Gasteiger partial charge in [-0.1, -0.05) is 42.5 Å². The van der Waals surface area contributed by atoms with Gasteiger partial charge in [0.2, 0.25) is 0 Å². The second-order valence-electron chi connectivity index (χ2n) is 4.34. The number of nitrogens with one attached hydrogen (secondary N) is 1.